The molecule has 24 heavy (non-hydrogen) atoms. The molecule has 1 atom stereocenters. The summed E-state index contributed by atoms with van der Waals surface area (Å²) in [5, 5.41) is 2.70. The quantitative estimate of drug-likeness (QED) is 0.940. The summed E-state index contributed by atoms with van der Waals surface area (Å²) in [5.74, 6) is -0.832. The topological polar surface area (TPSA) is 49.4 Å². The molecule has 1 heterocycles. The van der Waals surface area contributed by atoms with Gasteiger partial charge >= 0.3 is 0 Å². The van der Waals surface area contributed by atoms with Crippen LogP contribution in [-0.2, 0) is 4.79 Å². The molecule has 3 rings (SSSR count). The van der Waals surface area contributed by atoms with Crippen LogP contribution in [0, 0.1) is 12.7 Å². The maximum absolute atomic E-state index is 13.2. The number of halogens is 1. The van der Waals surface area contributed by atoms with Crippen LogP contribution in [0.5, 0.6) is 0 Å². The van der Waals surface area contributed by atoms with E-state index < -0.39 is 11.9 Å². The summed E-state index contributed by atoms with van der Waals surface area (Å²) >= 11 is 0. The van der Waals surface area contributed by atoms with E-state index in [1.807, 2.05) is 25.1 Å². The van der Waals surface area contributed by atoms with Crippen LogP contribution in [0.1, 0.15) is 28.8 Å². The second-order valence-electron chi connectivity index (χ2n) is 6.03. The summed E-state index contributed by atoms with van der Waals surface area (Å²) in [6.07, 6.45) is 1.39. The number of nitrogens with one attached hydrogen (secondary N) is 1. The van der Waals surface area contributed by atoms with Gasteiger partial charge < -0.3 is 10.2 Å². The molecule has 2 amide bonds. The Morgan fingerprint density at radius 2 is 1.96 bits per heavy atom. The number of carbonyl (C=O) groups excluding carboxylic acids is 2. The molecule has 1 aliphatic rings. The van der Waals surface area contributed by atoms with E-state index in [1.54, 1.807) is 17.0 Å². The van der Waals surface area contributed by atoms with Gasteiger partial charge in [0.05, 0.1) is 0 Å². The van der Waals surface area contributed by atoms with E-state index >= 15 is 0 Å². The van der Waals surface area contributed by atoms with Crippen molar-refractivity contribution in [2.24, 2.45) is 0 Å². The Kier molecular flexibility index (Phi) is 4.60. The number of amides is 2. The van der Waals surface area contributed by atoms with Crippen LogP contribution in [0.3, 0.4) is 0 Å². The number of hydrogen-bond donors (Lipinski definition) is 1. The summed E-state index contributed by atoms with van der Waals surface area (Å²) in [4.78, 5) is 26.8. The molecule has 0 aliphatic carbocycles. The number of carbonyl (C=O) groups is 2. The Hall–Kier alpha value is -2.69. The zero-order valence-corrected chi connectivity index (χ0v) is 13.5. The summed E-state index contributed by atoms with van der Waals surface area (Å²) in [5.41, 5.74) is 1.98. The van der Waals surface area contributed by atoms with E-state index in [9.17, 15) is 14.0 Å². The third-order valence-corrected chi connectivity index (χ3v) is 4.17. The largest absolute Gasteiger partial charge is 0.327 e. The molecular weight excluding hydrogens is 307 g/mol. The van der Waals surface area contributed by atoms with Crippen molar-refractivity contribution in [1.82, 2.24) is 4.90 Å². The molecule has 124 valence electrons. The molecule has 0 spiro atoms. The Balaban J connectivity index is 1.75. The Morgan fingerprint density at radius 1 is 1.17 bits per heavy atom. The average molecular weight is 326 g/mol. The number of nitrogens with zero attached hydrogens (tertiary/aromatic N) is 1. The van der Waals surface area contributed by atoms with Gasteiger partial charge in [0.15, 0.2) is 0 Å². The minimum absolute atomic E-state index is 0.143. The molecule has 1 saturated heterocycles. The Bertz CT molecular complexity index is 775. The zero-order chi connectivity index (χ0) is 17.1. The fourth-order valence-electron chi connectivity index (χ4n) is 3.02. The van der Waals surface area contributed by atoms with Crippen LogP contribution in [0.4, 0.5) is 10.1 Å². The van der Waals surface area contributed by atoms with E-state index in [-0.39, 0.29) is 11.8 Å². The molecular formula is C19H19FN2O2. The molecule has 0 radical (unpaired) electrons. The highest BCUT2D eigenvalue weighted by atomic mass is 19.1. The first kappa shape index (κ1) is 16.2. The predicted molar refractivity (Wildman–Crippen MR) is 90.3 cm³/mol. The van der Waals surface area contributed by atoms with Crippen molar-refractivity contribution >= 4 is 17.5 Å². The molecule has 1 fully saturated rings. The molecule has 1 N–H and O–H groups in total. The van der Waals surface area contributed by atoms with Gasteiger partial charge in [-0.3, -0.25) is 9.59 Å². The molecule has 2 aromatic carbocycles. The lowest BCUT2D eigenvalue weighted by molar-refractivity contribution is -0.119. The van der Waals surface area contributed by atoms with Crippen LogP contribution in [0.2, 0.25) is 0 Å². The van der Waals surface area contributed by atoms with Crippen LogP contribution in [0.15, 0.2) is 48.5 Å². The standard InChI is InChI=1S/C19H19FN2O2/c1-13-5-2-6-14(11-13)19(24)22-10-4-9-17(22)18(23)21-16-8-3-7-15(20)12-16/h2-3,5-8,11-12,17H,4,9-10H2,1H3,(H,21,23)/t17-/m1/s1. The van der Waals surface area contributed by atoms with E-state index in [1.165, 1.54) is 18.2 Å². The van der Waals surface area contributed by atoms with Crippen molar-refractivity contribution < 1.29 is 14.0 Å². The number of aryl methyl sites for hydroxylation is 1. The van der Waals surface area contributed by atoms with Gasteiger partial charge in [0, 0.05) is 17.8 Å². The average Bonchev–Trinajstić information content (AvgIpc) is 3.04. The van der Waals surface area contributed by atoms with Gasteiger partial charge in [-0.15, -0.1) is 0 Å². The Labute approximate surface area is 140 Å². The number of rotatable bonds is 3. The van der Waals surface area contributed by atoms with Gasteiger partial charge in [0.25, 0.3) is 5.91 Å². The lowest BCUT2D eigenvalue weighted by Gasteiger charge is -2.24. The lowest BCUT2D eigenvalue weighted by Crippen LogP contribution is -2.43. The maximum atomic E-state index is 13.2. The molecule has 0 unspecified atom stereocenters. The first-order valence-electron chi connectivity index (χ1n) is 7.98. The first-order chi connectivity index (χ1) is 11.5. The lowest BCUT2D eigenvalue weighted by atomic mass is 10.1. The van der Waals surface area contributed by atoms with Crippen molar-refractivity contribution in [2.75, 3.05) is 11.9 Å². The second-order valence-corrected chi connectivity index (χ2v) is 6.03. The second kappa shape index (κ2) is 6.83. The monoisotopic (exact) mass is 326 g/mol. The van der Waals surface area contributed by atoms with Gasteiger partial charge in [-0.25, -0.2) is 4.39 Å². The van der Waals surface area contributed by atoms with Crippen LogP contribution >= 0.6 is 0 Å². The van der Waals surface area contributed by atoms with Crippen LogP contribution in [0.25, 0.3) is 0 Å². The summed E-state index contributed by atoms with van der Waals surface area (Å²) in [6, 6.07) is 12.6. The van der Waals surface area contributed by atoms with Crippen molar-refractivity contribution in [3.63, 3.8) is 0 Å². The molecule has 0 aromatic heterocycles. The fourth-order valence-corrected chi connectivity index (χ4v) is 3.02. The van der Waals surface area contributed by atoms with E-state index in [2.05, 4.69) is 5.32 Å². The smallest absolute Gasteiger partial charge is 0.254 e. The van der Waals surface area contributed by atoms with Gasteiger partial charge in [-0.1, -0.05) is 23.8 Å². The highest BCUT2D eigenvalue weighted by Gasteiger charge is 2.34. The number of benzene rings is 2. The molecule has 0 bridgehead atoms. The van der Waals surface area contributed by atoms with Gasteiger partial charge in [-0.05, 0) is 50.1 Å². The van der Waals surface area contributed by atoms with E-state index in [0.717, 1.165) is 12.0 Å². The van der Waals surface area contributed by atoms with Crippen molar-refractivity contribution in [2.45, 2.75) is 25.8 Å². The maximum Gasteiger partial charge on any atom is 0.254 e. The summed E-state index contributed by atoms with van der Waals surface area (Å²) in [6.45, 7) is 2.48. The molecule has 2 aromatic rings. The van der Waals surface area contributed by atoms with Crippen molar-refractivity contribution in [3.8, 4) is 0 Å². The molecule has 0 saturated carbocycles. The van der Waals surface area contributed by atoms with E-state index in [4.69, 9.17) is 0 Å². The third kappa shape index (κ3) is 3.45. The first-order valence-corrected chi connectivity index (χ1v) is 7.98. The summed E-state index contributed by atoms with van der Waals surface area (Å²) < 4.78 is 13.2. The number of likely N-dealkylation sites (tertiary alicyclic amines) is 1. The van der Waals surface area contributed by atoms with Crippen LogP contribution in [-0.4, -0.2) is 29.3 Å². The minimum Gasteiger partial charge on any atom is -0.327 e. The van der Waals surface area contributed by atoms with Gasteiger partial charge in [0.1, 0.15) is 11.9 Å². The summed E-state index contributed by atoms with van der Waals surface area (Å²) in [7, 11) is 0. The van der Waals surface area contributed by atoms with Gasteiger partial charge in [-0.2, -0.15) is 0 Å². The normalized spacial score (nSPS) is 16.9. The highest BCUT2D eigenvalue weighted by molar-refractivity contribution is 6.01. The molecule has 4 nitrogen and oxygen atoms in total. The Morgan fingerprint density at radius 3 is 2.71 bits per heavy atom. The fraction of sp³-hybridized carbons (Fsp3) is 0.263. The zero-order valence-electron chi connectivity index (χ0n) is 13.5. The van der Waals surface area contributed by atoms with Gasteiger partial charge in [0.2, 0.25) is 5.91 Å². The van der Waals surface area contributed by atoms with E-state index in [0.29, 0.717) is 24.2 Å². The SMILES string of the molecule is Cc1cccc(C(=O)N2CCC[C@@H]2C(=O)Nc2cccc(F)c2)c1. The minimum atomic E-state index is -0.527. The highest BCUT2D eigenvalue weighted by Crippen LogP contribution is 2.22. The predicted octanol–water partition coefficient (Wildman–Crippen LogP) is 3.38. The molecule has 1 aliphatic heterocycles. The van der Waals surface area contributed by atoms with Crippen molar-refractivity contribution in [3.05, 3.63) is 65.5 Å². The number of hydrogen-bond acceptors (Lipinski definition) is 2. The van der Waals surface area contributed by atoms with Crippen molar-refractivity contribution in [1.29, 1.82) is 0 Å². The third-order valence-electron chi connectivity index (χ3n) is 4.17. The number of anilines is 1. The molecule has 5 heteroatoms. The van der Waals surface area contributed by atoms with Crippen LogP contribution < -0.4 is 5.32 Å².